The summed E-state index contributed by atoms with van der Waals surface area (Å²) in [5.41, 5.74) is 1.14. The lowest BCUT2D eigenvalue weighted by Gasteiger charge is -2.06. The molecule has 5 nitrogen and oxygen atoms in total. The van der Waals surface area contributed by atoms with Crippen LogP contribution in [0.25, 0.3) is 11.3 Å². The number of hydrogen-bond acceptors (Lipinski definition) is 3. The van der Waals surface area contributed by atoms with Gasteiger partial charge in [0.2, 0.25) is 0 Å². The molecule has 0 atom stereocenters. The Labute approximate surface area is 98.1 Å². The topological polar surface area (TPSA) is 75.2 Å². The molecule has 1 aromatic carbocycles. The average molecular weight is 232 g/mol. The van der Waals surface area contributed by atoms with Crippen LogP contribution in [0.2, 0.25) is 0 Å². The van der Waals surface area contributed by atoms with Crippen LogP contribution < -0.4 is 4.74 Å². The molecule has 1 heterocycles. The number of imidazole rings is 1. The number of aromatic nitrogens is 2. The van der Waals surface area contributed by atoms with E-state index in [0.29, 0.717) is 22.8 Å². The molecule has 0 amide bonds. The largest absolute Gasteiger partial charge is 0.496 e. The first-order valence-corrected chi connectivity index (χ1v) is 5.06. The van der Waals surface area contributed by atoms with Crippen LogP contribution in [0.1, 0.15) is 16.3 Å². The van der Waals surface area contributed by atoms with Gasteiger partial charge in [0.25, 0.3) is 0 Å². The van der Waals surface area contributed by atoms with Gasteiger partial charge in [-0.1, -0.05) is 12.1 Å². The standard InChI is InChI=1S/C12H12N2O3/c1-7-13-10(11(14-7)12(15)16)8-5-3-4-6-9(8)17-2/h3-6H,1-2H3,(H,13,14)(H,15,16). The number of carboxylic acids is 1. The minimum Gasteiger partial charge on any atom is -0.496 e. The third kappa shape index (κ3) is 1.99. The fourth-order valence-corrected chi connectivity index (χ4v) is 1.68. The highest BCUT2D eigenvalue weighted by Gasteiger charge is 2.18. The minimum atomic E-state index is -1.04. The minimum absolute atomic E-state index is 0.0759. The highest BCUT2D eigenvalue weighted by molar-refractivity contribution is 5.93. The lowest BCUT2D eigenvalue weighted by atomic mass is 10.1. The highest BCUT2D eigenvalue weighted by Crippen LogP contribution is 2.30. The molecule has 0 fully saturated rings. The second kappa shape index (κ2) is 4.29. The lowest BCUT2D eigenvalue weighted by molar-refractivity contribution is 0.0692. The summed E-state index contributed by atoms with van der Waals surface area (Å²) in [6.45, 7) is 1.71. The number of nitrogens with zero attached hydrogens (tertiary/aromatic N) is 1. The van der Waals surface area contributed by atoms with Crippen LogP contribution in [0.15, 0.2) is 24.3 Å². The van der Waals surface area contributed by atoms with Crippen LogP contribution in [0.3, 0.4) is 0 Å². The fourth-order valence-electron chi connectivity index (χ4n) is 1.68. The number of benzene rings is 1. The van der Waals surface area contributed by atoms with Crippen LogP contribution in [0.5, 0.6) is 5.75 Å². The number of rotatable bonds is 3. The number of methoxy groups -OCH3 is 1. The molecule has 17 heavy (non-hydrogen) atoms. The van der Waals surface area contributed by atoms with Crippen LogP contribution in [0.4, 0.5) is 0 Å². The van der Waals surface area contributed by atoms with Crippen LogP contribution in [-0.2, 0) is 0 Å². The molecular formula is C12H12N2O3. The van der Waals surface area contributed by atoms with Gasteiger partial charge in [-0.25, -0.2) is 9.78 Å². The van der Waals surface area contributed by atoms with Crippen molar-refractivity contribution < 1.29 is 14.6 Å². The summed E-state index contributed by atoms with van der Waals surface area (Å²) in [6.07, 6.45) is 0. The zero-order valence-corrected chi connectivity index (χ0v) is 9.52. The summed E-state index contributed by atoms with van der Waals surface area (Å²) >= 11 is 0. The Balaban J connectivity index is 2.63. The Kier molecular flexibility index (Phi) is 2.82. The van der Waals surface area contributed by atoms with Gasteiger partial charge in [-0.05, 0) is 19.1 Å². The number of aromatic amines is 1. The van der Waals surface area contributed by atoms with Crippen molar-refractivity contribution in [2.75, 3.05) is 7.11 Å². The third-order valence-corrected chi connectivity index (χ3v) is 2.40. The molecule has 2 aromatic rings. The van der Waals surface area contributed by atoms with E-state index in [2.05, 4.69) is 9.97 Å². The first-order chi connectivity index (χ1) is 8.13. The van der Waals surface area contributed by atoms with Gasteiger partial charge in [-0.3, -0.25) is 0 Å². The van der Waals surface area contributed by atoms with Gasteiger partial charge >= 0.3 is 5.97 Å². The Morgan fingerprint density at radius 2 is 2.12 bits per heavy atom. The summed E-state index contributed by atoms with van der Waals surface area (Å²) in [5.74, 6) is 0.122. The quantitative estimate of drug-likeness (QED) is 0.849. The van der Waals surface area contributed by atoms with Gasteiger partial charge in [0.15, 0.2) is 5.69 Å². The van der Waals surface area contributed by atoms with E-state index >= 15 is 0 Å². The van der Waals surface area contributed by atoms with Crippen molar-refractivity contribution in [3.63, 3.8) is 0 Å². The van der Waals surface area contributed by atoms with E-state index in [0.717, 1.165) is 0 Å². The van der Waals surface area contributed by atoms with Crippen molar-refractivity contribution >= 4 is 5.97 Å². The number of H-pyrrole nitrogens is 1. The van der Waals surface area contributed by atoms with E-state index in [1.54, 1.807) is 26.2 Å². The number of nitrogens with one attached hydrogen (secondary N) is 1. The summed E-state index contributed by atoms with van der Waals surface area (Å²) in [6, 6.07) is 7.18. The van der Waals surface area contributed by atoms with Gasteiger partial charge in [-0.15, -0.1) is 0 Å². The second-order valence-corrected chi connectivity index (χ2v) is 3.55. The Bertz CT molecular complexity index is 561. The SMILES string of the molecule is COc1ccccc1-c1nc(C)[nH]c1C(=O)O. The molecule has 0 bridgehead atoms. The van der Waals surface area contributed by atoms with Crippen molar-refractivity contribution in [3.8, 4) is 17.0 Å². The number of ether oxygens (including phenoxy) is 1. The van der Waals surface area contributed by atoms with E-state index in [4.69, 9.17) is 9.84 Å². The van der Waals surface area contributed by atoms with Crippen LogP contribution >= 0.6 is 0 Å². The number of aromatic carboxylic acids is 1. The molecule has 5 heteroatoms. The first-order valence-electron chi connectivity index (χ1n) is 5.06. The molecule has 0 spiro atoms. The Hall–Kier alpha value is -2.30. The predicted octanol–water partition coefficient (Wildman–Crippen LogP) is 2.09. The number of hydrogen-bond donors (Lipinski definition) is 2. The molecule has 88 valence electrons. The number of carbonyl (C=O) groups is 1. The van der Waals surface area contributed by atoms with Crippen molar-refractivity contribution in [1.29, 1.82) is 0 Å². The number of aryl methyl sites for hydroxylation is 1. The van der Waals surface area contributed by atoms with Gasteiger partial charge < -0.3 is 14.8 Å². The van der Waals surface area contributed by atoms with Crippen molar-refractivity contribution in [3.05, 3.63) is 35.8 Å². The number of para-hydroxylation sites is 1. The summed E-state index contributed by atoms with van der Waals surface area (Å²) in [5, 5.41) is 9.09. The highest BCUT2D eigenvalue weighted by atomic mass is 16.5. The van der Waals surface area contributed by atoms with E-state index < -0.39 is 5.97 Å². The maximum Gasteiger partial charge on any atom is 0.354 e. The molecule has 0 aliphatic heterocycles. The smallest absolute Gasteiger partial charge is 0.354 e. The molecule has 0 saturated carbocycles. The van der Waals surface area contributed by atoms with Crippen molar-refractivity contribution in [2.45, 2.75) is 6.92 Å². The average Bonchev–Trinajstić information content (AvgIpc) is 2.71. The summed E-state index contributed by atoms with van der Waals surface area (Å²) < 4.78 is 5.20. The third-order valence-electron chi connectivity index (χ3n) is 2.40. The van der Waals surface area contributed by atoms with Gasteiger partial charge in [-0.2, -0.15) is 0 Å². The summed E-state index contributed by atoms with van der Waals surface area (Å²) in [7, 11) is 1.54. The molecule has 1 aromatic heterocycles. The zero-order chi connectivity index (χ0) is 12.4. The lowest BCUT2D eigenvalue weighted by Crippen LogP contribution is -2.00. The molecule has 0 aliphatic rings. The molecule has 0 radical (unpaired) electrons. The number of carboxylic acid groups (broad SMARTS) is 1. The monoisotopic (exact) mass is 232 g/mol. The van der Waals surface area contributed by atoms with Crippen molar-refractivity contribution in [1.82, 2.24) is 9.97 Å². The van der Waals surface area contributed by atoms with Crippen LogP contribution in [-0.4, -0.2) is 28.2 Å². The normalized spacial score (nSPS) is 10.2. The first kappa shape index (κ1) is 11.2. The second-order valence-electron chi connectivity index (χ2n) is 3.55. The zero-order valence-electron chi connectivity index (χ0n) is 9.52. The molecule has 0 aliphatic carbocycles. The Morgan fingerprint density at radius 1 is 1.41 bits per heavy atom. The van der Waals surface area contributed by atoms with Crippen molar-refractivity contribution in [2.24, 2.45) is 0 Å². The maximum atomic E-state index is 11.1. The van der Waals surface area contributed by atoms with Gasteiger partial charge in [0.1, 0.15) is 17.3 Å². The van der Waals surface area contributed by atoms with E-state index in [9.17, 15) is 4.79 Å². The molecule has 0 unspecified atom stereocenters. The van der Waals surface area contributed by atoms with E-state index in [-0.39, 0.29) is 5.69 Å². The summed E-state index contributed by atoms with van der Waals surface area (Å²) in [4.78, 5) is 18.0. The molecule has 2 rings (SSSR count). The molecule has 0 saturated heterocycles. The molecular weight excluding hydrogens is 220 g/mol. The van der Waals surface area contributed by atoms with Gasteiger partial charge in [0, 0.05) is 5.56 Å². The maximum absolute atomic E-state index is 11.1. The van der Waals surface area contributed by atoms with Gasteiger partial charge in [0.05, 0.1) is 7.11 Å². The Morgan fingerprint density at radius 3 is 2.76 bits per heavy atom. The van der Waals surface area contributed by atoms with E-state index in [1.807, 2.05) is 12.1 Å². The molecule has 2 N–H and O–H groups in total. The van der Waals surface area contributed by atoms with Crippen LogP contribution in [0, 0.1) is 6.92 Å². The van der Waals surface area contributed by atoms with E-state index in [1.165, 1.54) is 0 Å². The fraction of sp³-hybridized carbons (Fsp3) is 0.167. The predicted molar refractivity (Wildman–Crippen MR) is 62.3 cm³/mol.